The van der Waals surface area contributed by atoms with Crippen LogP contribution in [0.3, 0.4) is 0 Å². The minimum absolute atomic E-state index is 0.184. The zero-order valence-corrected chi connectivity index (χ0v) is 13.8. The van der Waals surface area contributed by atoms with Crippen LogP contribution < -0.4 is 16.2 Å². The Morgan fingerprint density at radius 1 is 1.27 bits per heavy atom. The largest absolute Gasteiger partial charge is 0.478 e. The van der Waals surface area contributed by atoms with Crippen molar-refractivity contribution in [3.63, 3.8) is 0 Å². The molecule has 2 heterocycles. The minimum Gasteiger partial charge on any atom is -0.478 e. The van der Waals surface area contributed by atoms with Crippen LogP contribution in [0.25, 0.3) is 11.1 Å². The lowest BCUT2D eigenvalue weighted by Crippen LogP contribution is -2.24. The quantitative estimate of drug-likeness (QED) is 0.597. The van der Waals surface area contributed by atoms with E-state index in [-0.39, 0.29) is 11.4 Å². The topological polar surface area (TPSA) is 137 Å². The molecule has 0 saturated heterocycles. The smallest absolute Gasteiger partial charge is 0.342 e. The van der Waals surface area contributed by atoms with Crippen LogP contribution in [0.4, 0.5) is 11.5 Å². The summed E-state index contributed by atoms with van der Waals surface area (Å²) < 4.78 is 0. The van der Waals surface area contributed by atoms with E-state index in [2.05, 4.69) is 16.5 Å². The van der Waals surface area contributed by atoms with E-state index in [0.717, 1.165) is 24.2 Å². The molecule has 0 saturated carbocycles. The second kappa shape index (κ2) is 6.40. The third-order valence-corrected chi connectivity index (χ3v) is 4.38. The Morgan fingerprint density at radius 3 is 2.58 bits per heavy atom. The molecule has 8 heteroatoms. The molecule has 1 aromatic carbocycles. The Morgan fingerprint density at radius 2 is 1.96 bits per heavy atom. The van der Waals surface area contributed by atoms with E-state index in [0.29, 0.717) is 12.1 Å². The number of nitrogens with two attached hydrogens (primary N) is 1. The molecule has 0 fully saturated rings. The van der Waals surface area contributed by atoms with Gasteiger partial charge < -0.3 is 25.8 Å². The number of carboxylic acids is 2. The van der Waals surface area contributed by atoms with Crippen molar-refractivity contribution in [3.05, 3.63) is 57.9 Å². The van der Waals surface area contributed by atoms with Crippen molar-refractivity contribution in [2.75, 3.05) is 23.7 Å². The molecular formula is C18H17N3O5. The number of nitrogen functional groups attached to an aromatic ring is 1. The molecule has 0 radical (unpaired) electrons. The van der Waals surface area contributed by atoms with Crippen LogP contribution in [-0.2, 0) is 6.42 Å². The molecule has 26 heavy (non-hydrogen) atoms. The van der Waals surface area contributed by atoms with E-state index >= 15 is 0 Å². The maximum Gasteiger partial charge on any atom is 0.342 e. The van der Waals surface area contributed by atoms with E-state index in [1.807, 2.05) is 0 Å². The summed E-state index contributed by atoms with van der Waals surface area (Å²) >= 11 is 0. The standard InChI is InChI=1S/C18H17N3O5/c1-2-6-21-7-5-9-8-10(3-4-11(9)21)12-13(17(23)24)15(19)20-16(22)14(12)18(25)26/h2-4,8H,1,5-7H2,(H,23,24)(H,25,26)(H3,19,20,22). The molecule has 5 N–H and O–H groups in total. The van der Waals surface area contributed by atoms with Crippen LogP contribution in [0.2, 0.25) is 0 Å². The van der Waals surface area contributed by atoms with Gasteiger partial charge in [-0.25, -0.2) is 9.59 Å². The number of nitrogens with zero attached hydrogens (tertiary/aromatic N) is 1. The number of carboxylic acid groups (broad SMARTS) is 2. The van der Waals surface area contributed by atoms with E-state index in [9.17, 15) is 24.6 Å². The number of pyridine rings is 1. The fraction of sp³-hybridized carbons (Fsp3) is 0.167. The number of nitrogens with one attached hydrogen (secondary N) is 1. The van der Waals surface area contributed by atoms with Crippen LogP contribution in [0.15, 0.2) is 35.6 Å². The number of carbonyl (C=O) groups is 2. The Bertz CT molecular complexity index is 993. The van der Waals surface area contributed by atoms with E-state index in [1.165, 1.54) is 0 Å². The maximum atomic E-state index is 12.1. The van der Waals surface area contributed by atoms with Crippen LogP contribution in [0.1, 0.15) is 26.3 Å². The van der Waals surface area contributed by atoms with E-state index < -0.39 is 28.6 Å². The lowest BCUT2D eigenvalue weighted by molar-refractivity contribution is 0.0695. The van der Waals surface area contributed by atoms with Gasteiger partial charge in [0.1, 0.15) is 16.9 Å². The molecule has 0 aliphatic carbocycles. The summed E-state index contributed by atoms with van der Waals surface area (Å²) in [7, 11) is 0. The number of anilines is 2. The summed E-state index contributed by atoms with van der Waals surface area (Å²) in [6, 6.07) is 5.11. The first-order chi connectivity index (χ1) is 12.3. The third kappa shape index (κ3) is 2.71. The fourth-order valence-corrected chi connectivity index (χ4v) is 3.31. The second-order valence-electron chi connectivity index (χ2n) is 5.93. The highest BCUT2D eigenvalue weighted by Crippen LogP contribution is 2.35. The van der Waals surface area contributed by atoms with Crippen molar-refractivity contribution in [1.82, 2.24) is 4.98 Å². The first-order valence-electron chi connectivity index (χ1n) is 7.86. The predicted octanol–water partition coefficient (Wildman–Crippen LogP) is 1.57. The number of benzene rings is 1. The van der Waals surface area contributed by atoms with E-state index in [1.54, 1.807) is 24.3 Å². The lowest BCUT2D eigenvalue weighted by Gasteiger charge is -2.18. The zero-order valence-electron chi connectivity index (χ0n) is 13.8. The molecule has 1 aromatic heterocycles. The Labute approximate surface area is 148 Å². The van der Waals surface area contributed by atoms with Gasteiger partial charge in [0.05, 0.1) is 0 Å². The van der Waals surface area contributed by atoms with Crippen molar-refractivity contribution >= 4 is 23.4 Å². The van der Waals surface area contributed by atoms with Crippen LogP contribution in [0, 0.1) is 0 Å². The molecule has 1 aliphatic heterocycles. The maximum absolute atomic E-state index is 12.1. The SMILES string of the molecule is C=CCN1CCc2cc(-c3c(C(=O)O)c(N)[nH]c(=O)c3C(=O)O)ccc21. The molecule has 134 valence electrons. The van der Waals surface area contributed by atoms with Crippen LogP contribution in [-0.4, -0.2) is 40.2 Å². The number of H-pyrrole nitrogens is 1. The van der Waals surface area contributed by atoms with Gasteiger partial charge in [-0.05, 0) is 29.7 Å². The van der Waals surface area contributed by atoms with Crippen molar-refractivity contribution in [2.24, 2.45) is 0 Å². The predicted molar refractivity (Wildman–Crippen MR) is 96.9 cm³/mol. The highest BCUT2D eigenvalue weighted by atomic mass is 16.4. The molecule has 0 amide bonds. The van der Waals surface area contributed by atoms with Gasteiger partial charge in [0.2, 0.25) is 0 Å². The van der Waals surface area contributed by atoms with Gasteiger partial charge in [-0.2, -0.15) is 0 Å². The molecule has 8 nitrogen and oxygen atoms in total. The number of hydrogen-bond acceptors (Lipinski definition) is 5. The number of fused-ring (bicyclic) bond motifs is 1. The molecule has 1 aliphatic rings. The average molecular weight is 355 g/mol. The van der Waals surface area contributed by atoms with Gasteiger partial charge in [-0.15, -0.1) is 6.58 Å². The number of hydrogen-bond donors (Lipinski definition) is 4. The molecule has 0 atom stereocenters. The summed E-state index contributed by atoms with van der Waals surface area (Å²) in [4.78, 5) is 39.6. The monoisotopic (exact) mass is 355 g/mol. The van der Waals surface area contributed by atoms with Crippen molar-refractivity contribution in [3.8, 4) is 11.1 Å². The Kier molecular flexibility index (Phi) is 4.25. The Hall–Kier alpha value is -3.55. The highest BCUT2D eigenvalue weighted by molar-refractivity contribution is 6.07. The lowest BCUT2D eigenvalue weighted by atomic mass is 9.93. The molecule has 0 bridgehead atoms. The van der Waals surface area contributed by atoms with Gasteiger partial charge >= 0.3 is 11.9 Å². The van der Waals surface area contributed by atoms with E-state index in [4.69, 9.17) is 5.73 Å². The summed E-state index contributed by atoms with van der Waals surface area (Å²) in [6.45, 7) is 5.17. The fourth-order valence-electron chi connectivity index (χ4n) is 3.31. The number of aromatic amines is 1. The van der Waals surface area contributed by atoms with Gasteiger partial charge in [0, 0.05) is 24.3 Å². The number of aromatic nitrogens is 1. The first kappa shape index (κ1) is 17.3. The van der Waals surface area contributed by atoms with Gasteiger partial charge in [0.25, 0.3) is 5.56 Å². The highest BCUT2D eigenvalue weighted by Gasteiger charge is 2.28. The van der Waals surface area contributed by atoms with Crippen molar-refractivity contribution in [2.45, 2.75) is 6.42 Å². The molecular weight excluding hydrogens is 338 g/mol. The average Bonchev–Trinajstić information content (AvgIpc) is 2.96. The van der Waals surface area contributed by atoms with Gasteiger partial charge in [0.15, 0.2) is 0 Å². The molecule has 3 rings (SSSR count). The molecule has 0 spiro atoms. The van der Waals surface area contributed by atoms with Crippen molar-refractivity contribution in [1.29, 1.82) is 0 Å². The van der Waals surface area contributed by atoms with Gasteiger partial charge in [-0.1, -0.05) is 12.1 Å². The number of aromatic carboxylic acids is 2. The zero-order chi connectivity index (χ0) is 19.0. The number of rotatable bonds is 5. The Balaban J connectivity index is 2.27. The summed E-state index contributed by atoms with van der Waals surface area (Å²) in [6.07, 6.45) is 2.51. The van der Waals surface area contributed by atoms with Crippen molar-refractivity contribution < 1.29 is 19.8 Å². The normalized spacial score (nSPS) is 12.7. The second-order valence-corrected chi connectivity index (χ2v) is 5.93. The van der Waals surface area contributed by atoms with Crippen LogP contribution in [0.5, 0.6) is 0 Å². The summed E-state index contributed by atoms with van der Waals surface area (Å²) in [5.41, 5.74) is 5.70. The summed E-state index contributed by atoms with van der Waals surface area (Å²) in [5.74, 6) is -3.31. The minimum atomic E-state index is -1.52. The molecule has 2 aromatic rings. The third-order valence-electron chi connectivity index (χ3n) is 4.38. The molecule has 0 unspecified atom stereocenters. The summed E-state index contributed by atoms with van der Waals surface area (Å²) in [5, 5.41) is 18.9. The van der Waals surface area contributed by atoms with Gasteiger partial charge in [-0.3, -0.25) is 4.79 Å². The first-order valence-corrected chi connectivity index (χ1v) is 7.86. The van der Waals surface area contributed by atoms with Crippen LogP contribution >= 0.6 is 0 Å².